The van der Waals surface area contributed by atoms with E-state index in [0.29, 0.717) is 52.2 Å². The van der Waals surface area contributed by atoms with Crippen molar-refractivity contribution in [3.05, 3.63) is 28.7 Å². The zero-order valence-corrected chi connectivity index (χ0v) is 21.2. The Morgan fingerprint density at radius 2 is 1.38 bits per heavy atom. The van der Waals surface area contributed by atoms with Gasteiger partial charge in [-0.15, -0.1) is 0 Å². The van der Waals surface area contributed by atoms with Gasteiger partial charge >= 0.3 is 12.1 Å². The van der Waals surface area contributed by atoms with Crippen LogP contribution in [0.5, 0.6) is 0 Å². The normalized spacial score (nSPS) is 18.9. The number of amides is 3. The average molecular weight is 531 g/mol. The Morgan fingerprint density at radius 3 is 1.97 bits per heavy atom. The lowest BCUT2D eigenvalue weighted by Crippen LogP contribution is -2.55. The minimum atomic E-state index is -3.61. The molecular weight excluding hydrogens is 500 g/mol. The number of nitrogens with zero attached hydrogens (tertiary/aromatic N) is 4. The van der Waals surface area contributed by atoms with E-state index in [1.54, 1.807) is 39.0 Å². The second-order valence-electron chi connectivity index (χ2n) is 8.94. The number of ether oxygens (including phenoxy) is 1. The standard InChI is InChI=1S/C21H31BrN4O5S/c1-21(2,3)31-20(28)25-13-11-24(12-14-25)19(27)23-9-4-10-26(16-15-23)32(29,30)18-7-5-17(22)6-8-18/h5-8H,4,9-16H2,1-3H3. The highest BCUT2D eigenvalue weighted by molar-refractivity contribution is 9.10. The largest absolute Gasteiger partial charge is 0.444 e. The topological polar surface area (TPSA) is 90.5 Å². The van der Waals surface area contributed by atoms with E-state index < -0.39 is 15.6 Å². The van der Waals surface area contributed by atoms with Crippen molar-refractivity contribution in [3.8, 4) is 0 Å². The molecule has 178 valence electrons. The molecule has 1 aromatic carbocycles. The van der Waals surface area contributed by atoms with Gasteiger partial charge in [0.2, 0.25) is 10.0 Å². The maximum Gasteiger partial charge on any atom is 0.410 e. The first-order chi connectivity index (χ1) is 15.0. The first kappa shape index (κ1) is 24.8. The average Bonchev–Trinajstić information content (AvgIpc) is 2.99. The molecule has 0 unspecified atom stereocenters. The quantitative estimate of drug-likeness (QED) is 0.586. The molecular formula is C21H31BrN4O5S. The number of benzene rings is 1. The van der Waals surface area contributed by atoms with Crippen LogP contribution in [0, 0.1) is 0 Å². The SMILES string of the molecule is CC(C)(C)OC(=O)N1CCN(C(=O)N2CCCN(S(=O)(=O)c3ccc(Br)cc3)CC2)CC1. The van der Waals surface area contributed by atoms with E-state index in [0.717, 1.165) is 4.47 Å². The monoisotopic (exact) mass is 530 g/mol. The molecule has 0 atom stereocenters. The molecule has 2 aliphatic heterocycles. The number of urea groups is 1. The molecule has 0 spiro atoms. The van der Waals surface area contributed by atoms with Gasteiger partial charge < -0.3 is 19.4 Å². The molecule has 0 bridgehead atoms. The lowest BCUT2D eigenvalue weighted by Gasteiger charge is -2.37. The third kappa shape index (κ3) is 6.14. The van der Waals surface area contributed by atoms with Crippen molar-refractivity contribution in [2.45, 2.75) is 37.7 Å². The number of carbonyl (C=O) groups is 2. The van der Waals surface area contributed by atoms with Crippen LogP contribution in [0.3, 0.4) is 0 Å². The summed E-state index contributed by atoms with van der Waals surface area (Å²) in [6.45, 7) is 8.61. The van der Waals surface area contributed by atoms with Gasteiger partial charge in [0.05, 0.1) is 4.90 Å². The van der Waals surface area contributed by atoms with Crippen molar-refractivity contribution in [1.29, 1.82) is 0 Å². The smallest absolute Gasteiger partial charge is 0.410 e. The van der Waals surface area contributed by atoms with Crippen molar-refractivity contribution < 1.29 is 22.7 Å². The van der Waals surface area contributed by atoms with Crippen LogP contribution in [0.15, 0.2) is 33.6 Å². The van der Waals surface area contributed by atoms with Crippen LogP contribution in [0.2, 0.25) is 0 Å². The van der Waals surface area contributed by atoms with Crippen molar-refractivity contribution in [2.24, 2.45) is 0 Å². The molecule has 0 radical (unpaired) electrons. The number of piperazine rings is 1. The van der Waals surface area contributed by atoms with Crippen LogP contribution in [-0.4, -0.2) is 97.5 Å². The molecule has 9 nitrogen and oxygen atoms in total. The van der Waals surface area contributed by atoms with E-state index in [1.165, 1.54) is 4.31 Å². The van der Waals surface area contributed by atoms with Gasteiger partial charge in [0.15, 0.2) is 0 Å². The molecule has 3 rings (SSSR count). The fraction of sp³-hybridized carbons (Fsp3) is 0.619. The lowest BCUT2D eigenvalue weighted by molar-refractivity contribution is 0.0158. The van der Waals surface area contributed by atoms with Crippen LogP contribution in [0.25, 0.3) is 0 Å². The number of hydrogen-bond donors (Lipinski definition) is 0. The summed E-state index contributed by atoms with van der Waals surface area (Å²) in [6.07, 6.45) is 0.201. The predicted molar refractivity (Wildman–Crippen MR) is 124 cm³/mol. The predicted octanol–water partition coefficient (Wildman–Crippen LogP) is 2.82. The fourth-order valence-electron chi connectivity index (χ4n) is 3.69. The van der Waals surface area contributed by atoms with Gasteiger partial charge in [0, 0.05) is 56.8 Å². The molecule has 0 N–H and O–H groups in total. The highest BCUT2D eigenvalue weighted by Crippen LogP contribution is 2.21. The minimum absolute atomic E-state index is 0.114. The van der Waals surface area contributed by atoms with Gasteiger partial charge in [-0.05, 0) is 51.5 Å². The Bertz CT molecular complexity index is 925. The summed E-state index contributed by atoms with van der Waals surface area (Å²) in [5.74, 6) is 0. The molecule has 0 saturated carbocycles. The second-order valence-corrected chi connectivity index (χ2v) is 11.8. The molecule has 3 amide bonds. The van der Waals surface area contributed by atoms with Crippen LogP contribution in [0.4, 0.5) is 9.59 Å². The summed E-state index contributed by atoms with van der Waals surface area (Å²) < 4.78 is 33.6. The van der Waals surface area contributed by atoms with Crippen molar-refractivity contribution >= 4 is 38.1 Å². The maximum atomic E-state index is 13.0. The maximum absolute atomic E-state index is 13.0. The molecule has 11 heteroatoms. The van der Waals surface area contributed by atoms with E-state index in [9.17, 15) is 18.0 Å². The summed E-state index contributed by atoms with van der Waals surface area (Å²) >= 11 is 3.32. The molecule has 0 aliphatic carbocycles. The highest BCUT2D eigenvalue weighted by atomic mass is 79.9. The number of hydrogen-bond acceptors (Lipinski definition) is 5. The summed E-state index contributed by atoms with van der Waals surface area (Å²) in [5.41, 5.74) is -0.557. The molecule has 2 saturated heterocycles. The van der Waals surface area contributed by atoms with Gasteiger partial charge in [-0.3, -0.25) is 0 Å². The second kappa shape index (κ2) is 9.96. The number of halogens is 1. The lowest BCUT2D eigenvalue weighted by atomic mass is 10.2. The Labute approximate surface area is 198 Å². The molecule has 1 aromatic rings. The Balaban J connectivity index is 1.55. The summed E-state index contributed by atoms with van der Waals surface area (Å²) in [7, 11) is -3.61. The number of sulfonamides is 1. The van der Waals surface area contributed by atoms with Gasteiger partial charge in [-0.2, -0.15) is 4.31 Å². The number of rotatable bonds is 2. The summed E-state index contributed by atoms with van der Waals surface area (Å²) in [6, 6.07) is 6.46. The van der Waals surface area contributed by atoms with Gasteiger partial charge in [0.25, 0.3) is 0 Å². The van der Waals surface area contributed by atoms with Crippen LogP contribution in [0.1, 0.15) is 27.2 Å². The van der Waals surface area contributed by atoms with Crippen molar-refractivity contribution in [3.63, 3.8) is 0 Å². The minimum Gasteiger partial charge on any atom is -0.444 e. The van der Waals surface area contributed by atoms with Crippen molar-refractivity contribution in [1.82, 2.24) is 19.0 Å². The van der Waals surface area contributed by atoms with Crippen LogP contribution < -0.4 is 0 Å². The van der Waals surface area contributed by atoms with E-state index in [-0.39, 0.29) is 23.6 Å². The van der Waals surface area contributed by atoms with E-state index in [4.69, 9.17) is 4.74 Å². The van der Waals surface area contributed by atoms with E-state index in [2.05, 4.69) is 15.9 Å². The Hall–Kier alpha value is -1.85. The molecule has 2 heterocycles. The van der Waals surface area contributed by atoms with Crippen LogP contribution in [-0.2, 0) is 14.8 Å². The summed E-state index contributed by atoms with van der Waals surface area (Å²) in [4.78, 5) is 30.5. The molecule has 2 fully saturated rings. The molecule has 2 aliphatic rings. The fourth-order valence-corrected chi connectivity index (χ4v) is 5.42. The van der Waals surface area contributed by atoms with E-state index in [1.807, 2.05) is 20.8 Å². The van der Waals surface area contributed by atoms with Gasteiger partial charge in [-0.25, -0.2) is 18.0 Å². The first-order valence-electron chi connectivity index (χ1n) is 10.7. The Kier molecular flexibility index (Phi) is 7.72. The zero-order chi connectivity index (χ0) is 23.5. The molecule has 32 heavy (non-hydrogen) atoms. The van der Waals surface area contributed by atoms with Crippen LogP contribution >= 0.6 is 15.9 Å². The number of carbonyl (C=O) groups excluding carboxylic acids is 2. The highest BCUT2D eigenvalue weighted by Gasteiger charge is 2.32. The van der Waals surface area contributed by atoms with Crippen molar-refractivity contribution in [2.75, 3.05) is 52.4 Å². The van der Waals surface area contributed by atoms with Gasteiger partial charge in [0.1, 0.15) is 5.60 Å². The Morgan fingerprint density at radius 1 is 0.844 bits per heavy atom. The third-order valence-corrected chi connectivity index (χ3v) is 7.82. The summed E-state index contributed by atoms with van der Waals surface area (Å²) in [5, 5.41) is 0. The van der Waals surface area contributed by atoms with Gasteiger partial charge in [-0.1, -0.05) is 15.9 Å². The van der Waals surface area contributed by atoms with E-state index >= 15 is 0 Å². The molecule has 0 aromatic heterocycles. The first-order valence-corrected chi connectivity index (χ1v) is 13.0. The third-order valence-electron chi connectivity index (χ3n) is 5.38. The zero-order valence-electron chi connectivity index (χ0n) is 18.8.